The van der Waals surface area contributed by atoms with Crippen molar-refractivity contribution in [3.05, 3.63) is 63.0 Å². The van der Waals surface area contributed by atoms with Gasteiger partial charge in [-0.2, -0.15) is 5.10 Å². The van der Waals surface area contributed by atoms with E-state index < -0.39 is 0 Å². The first-order chi connectivity index (χ1) is 11.5. The average Bonchev–Trinajstić information content (AvgIpc) is 3.12. The Bertz CT molecular complexity index is 869. The molecular weight excluding hydrogens is 392 g/mol. The van der Waals surface area contributed by atoms with Gasteiger partial charge in [-0.3, -0.25) is 4.68 Å². The van der Waals surface area contributed by atoms with E-state index in [1.54, 1.807) is 18.3 Å². The van der Waals surface area contributed by atoms with Crippen LogP contribution in [-0.4, -0.2) is 20.0 Å². The molecule has 5 nitrogen and oxygen atoms in total. The van der Waals surface area contributed by atoms with Gasteiger partial charge in [0.2, 0.25) is 11.8 Å². The van der Waals surface area contributed by atoms with Crippen LogP contribution < -0.4 is 0 Å². The molecule has 2 heterocycles. The molecule has 7 heteroatoms. The summed E-state index contributed by atoms with van der Waals surface area (Å²) < 4.78 is 8.48. The highest BCUT2D eigenvalue weighted by molar-refractivity contribution is 9.10. The molecule has 0 bridgehead atoms. The van der Waals surface area contributed by atoms with E-state index >= 15 is 0 Å². The summed E-state index contributed by atoms with van der Waals surface area (Å²) in [7, 11) is 0. The SMILES string of the molecule is CC(C)n1cc(Cl)c(/C=C/c2nnc(Cc3cccc(Br)c3)o2)n1. The molecule has 0 unspecified atom stereocenters. The summed E-state index contributed by atoms with van der Waals surface area (Å²) in [6.07, 6.45) is 5.88. The lowest BCUT2D eigenvalue weighted by atomic mass is 10.1. The standard InChI is InChI=1S/C17H16BrClN4O/c1-11(2)23-10-14(19)15(22-23)6-7-16-20-21-17(24-16)9-12-4-3-5-13(18)8-12/h3-8,10-11H,9H2,1-2H3/b7-6+. The molecule has 3 aromatic rings. The van der Waals surface area contributed by atoms with Crippen molar-refractivity contribution in [1.29, 1.82) is 0 Å². The molecular formula is C17H16BrClN4O. The normalized spacial score (nSPS) is 11.7. The lowest BCUT2D eigenvalue weighted by Crippen LogP contribution is -2.00. The van der Waals surface area contributed by atoms with Gasteiger partial charge in [-0.1, -0.05) is 39.7 Å². The van der Waals surface area contributed by atoms with Gasteiger partial charge in [0.1, 0.15) is 5.69 Å². The van der Waals surface area contributed by atoms with Crippen LogP contribution in [0, 0.1) is 0 Å². The van der Waals surface area contributed by atoms with Gasteiger partial charge in [0.25, 0.3) is 0 Å². The summed E-state index contributed by atoms with van der Waals surface area (Å²) in [5.41, 5.74) is 1.78. The molecule has 0 atom stereocenters. The molecule has 0 spiro atoms. The molecule has 2 aromatic heterocycles. The predicted octanol–water partition coefficient (Wildman–Crippen LogP) is 5.02. The van der Waals surface area contributed by atoms with Gasteiger partial charge in [-0.25, -0.2) is 0 Å². The van der Waals surface area contributed by atoms with Crippen LogP contribution >= 0.6 is 27.5 Å². The highest BCUT2D eigenvalue weighted by atomic mass is 79.9. The van der Waals surface area contributed by atoms with Crippen LogP contribution in [0.1, 0.15) is 42.9 Å². The lowest BCUT2D eigenvalue weighted by molar-refractivity contribution is 0.496. The monoisotopic (exact) mass is 406 g/mol. The van der Waals surface area contributed by atoms with Crippen LogP contribution in [0.5, 0.6) is 0 Å². The van der Waals surface area contributed by atoms with Gasteiger partial charge in [-0.05, 0) is 37.6 Å². The van der Waals surface area contributed by atoms with Crippen LogP contribution in [0.15, 0.2) is 39.4 Å². The third-order valence-corrected chi connectivity index (χ3v) is 4.14. The first kappa shape index (κ1) is 16.9. The fraction of sp³-hybridized carbons (Fsp3) is 0.235. The van der Waals surface area contributed by atoms with E-state index in [1.165, 1.54) is 0 Å². The molecule has 0 aliphatic heterocycles. The summed E-state index contributed by atoms with van der Waals surface area (Å²) in [4.78, 5) is 0. The van der Waals surface area contributed by atoms with E-state index in [0.717, 1.165) is 10.0 Å². The summed E-state index contributed by atoms with van der Waals surface area (Å²) in [5, 5.41) is 13.1. The average molecular weight is 408 g/mol. The molecule has 0 saturated carbocycles. The minimum absolute atomic E-state index is 0.254. The van der Waals surface area contributed by atoms with Gasteiger partial charge < -0.3 is 4.42 Å². The van der Waals surface area contributed by atoms with Gasteiger partial charge in [0.05, 0.1) is 11.4 Å². The molecule has 3 rings (SSSR count). The fourth-order valence-corrected chi connectivity index (χ4v) is 2.79. The van der Waals surface area contributed by atoms with Crippen LogP contribution in [0.2, 0.25) is 5.02 Å². The highest BCUT2D eigenvalue weighted by Gasteiger charge is 2.08. The second-order valence-corrected chi connectivity index (χ2v) is 6.93. The zero-order valence-electron chi connectivity index (χ0n) is 13.3. The van der Waals surface area contributed by atoms with Gasteiger partial charge >= 0.3 is 0 Å². The number of hydrogen-bond donors (Lipinski definition) is 0. The molecule has 0 aliphatic carbocycles. The number of halogens is 2. The zero-order chi connectivity index (χ0) is 17.1. The Morgan fingerprint density at radius 3 is 2.83 bits per heavy atom. The lowest BCUT2D eigenvalue weighted by Gasteiger charge is -2.02. The minimum atomic E-state index is 0.254. The summed E-state index contributed by atoms with van der Waals surface area (Å²) >= 11 is 9.63. The third kappa shape index (κ3) is 4.13. The van der Waals surface area contributed by atoms with Crippen molar-refractivity contribution in [3.63, 3.8) is 0 Å². The predicted molar refractivity (Wildman–Crippen MR) is 97.8 cm³/mol. The molecule has 124 valence electrons. The molecule has 24 heavy (non-hydrogen) atoms. The van der Waals surface area contributed by atoms with Crippen molar-refractivity contribution < 1.29 is 4.42 Å². The molecule has 0 N–H and O–H groups in total. The van der Waals surface area contributed by atoms with Crippen LogP contribution in [0.25, 0.3) is 12.2 Å². The Kier molecular flexibility index (Phi) is 5.16. The van der Waals surface area contributed by atoms with Gasteiger partial charge in [0, 0.05) is 22.8 Å². The number of aromatic nitrogens is 4. The molecule has 0 amide bonds. The summed E-state index contributed by atoms with van der Waals surface area (Å²) in [5.74, 6) is 0.988. The maximum absolute atomic E-state index is 6.18. The molecule has 0 aliphatic rings. The number of nitrogens with zero attached hydrogens (tertiary/aromatic N) is 4. The second kappa shape index (κ2) is 7.32. The Balaban J connectivity index is 1.72. The van der Waals surface area contributed by atoms with Crippen molar-refractivity contribution in [3.8, 4) is 0 Å². The van der Waals surface area contributed by atoms with E-state index in [1.807, 2.05) is 42.8 Å². The largest absolute Gasteiger partial charge is 0.421 e. The number of hydrogen-bond acceptors (Lipinski definition) is 4. The van der Waals surface area contributed by atoms with E-state index in [-0.39, 0.29) is 6.04 Å². The van der Waals surface area contributed by atoms with Crippen molar-refractivity contribution in [2.24, 2.45) is 0 Å². The third-order valence-electron chi connectivity index (χ3n) is 3.35. The fourth-order valence-electron chi connectivity index (χ4n) is 2.14. The van der Waals surface area contributed by atoms with E-state index in [9.17, 15) is 0 Å². The topological polar surface area (TPSA) is 56.7 Å². The van der Waals surface area contributed by atoms with Crippen molar-refractivity contribution >= 4 is 39.7 Å². The van der Waals surface area contributed by atoms with Crippen LogP contribution in [-0.2, 0) is 6.42 Å². The highest BCUT2D eigenvalue weighted by Crippen LogP contribution is 2.19. The first-order valence-corrected chi connectivity index (χ1v) is 8.68. The van der Waals surface area contributed by atoms with Gasteiger partial charge in [-0.15, -0.1) is 10.2 Å². The smallest absolute Gasteiger partial charge is 0.240 e. The van der Waals surface area contributed by atoms with Crippen molar-refractivity contribution in [1.82, 2.24) is 20.0 Å². The number of benzene rings is 1. The van der Waals surface area contributed by atoms with Gasteiger partial charge in [0.15, 0.2) is 0 Å². The summed E-state index contributed by atoms with van der Waals surface area (Å²) in [6.45, 7) is 4.09. The van der Waals surface area contributed by atoms with Crippen molar-refractivity contribution in [2.75, 3.05) is 0 Å². The molecule has 0 fully saturated rings. The minimum Gasteiger partial charge on any atom is -0.421 e. The van der Waals surface area contributed by atoms with E-state index in [2.05, 4.69) is 31.2 Å². The quantitative estimate of drug-likeness (QED) is 0.595. The molecule has 1 aromatic carbocycles. The Morgan fingerprint density at radius 1 is 1.29 bits per heavy atom. The van der Waals surface area contributed by atoms with E-state index in [0.29, 0.717) is 28.9 Å². The van der Waals surface area contributed by atoms with Crippen LogP contribution in [0.4, 0.5) is 0 Å². The maximum Gasteiger partial charge on any atom is 0.240 e. The second-order valence-electron chi connectivity index (χ2n) is 5.61. The van der Waals surface area contributed by atoms with E-state index in [4.69, 9.17) is 16.0 Å². The first-order valence-electron chi connectivity index (χ1n) is 7.51. The maximum atomic E-state index is 6.18. The Labute approximate surface area is 153 Å². The Hall–Kier alpha value is -1.92. The van der Waals surface area contributed by atoms with Crippen molar-refractivity contribution in [2.45, 2.75) is 26.3 Å². The molecule has 0 saturated heterocycles. The molecule has 0 radical (unpaired) electrons. The van der Waals surface area contributed by atoms with Crippen LogP contribution in [0.3, 0.4) is 0 Å². The summed E-state index contributed by atoms with van der Waals surface area (Å²) in [6, 6.07) is 8.25. The Morgan fingerprint density at radius 2 is 2.12 bits per heavy atom. The zero-order valence-corrected chi connectivity index (χ0v) is 15.6. The number of rotatable bonds is 5.